The third-order valence-corrected chi connectivity index (χ3v) is 6.02. The number of benzene rings is 2. The molecule has 6 heteroatoms. The number of nitrogens with one attached hydrogen (secondary N) is 1. The van der Waals surface area contributed by atoms with Crippen molar-refractivity contribution in [2.75, 3.05) is 6.54 Å². The number of aryl methyl sites for hydroxylation is 2. The number of unbranched alkanes of at least 4 members (excludes halogenated alkanes) is 1. The van der Waals surface area contributed by atoms with Crippen LogP contribution in [0.5, 0.6) is 0 Å². The largest absolute Gasteiger partial charge is 0.334 e. The van der Waals surface area contributed by atoms with Gasteiger partial charge in [-0.25, -0.2) is 4.79 Å². The van der Waals surface area contributed by atoms with E-state index in [0.29, 0.717) is 18.3 Å². The van der Waals surface area contributed by atoms with Crippen LogP contribution in [0.1, 0.15) is 62.2 Å². The van der Waals surface area contributed by atoms with E-state index < -0.39 is 0 Å². The Hall–Kier alpha value is -3.41. The molecular weight excluding hydrogens is 400 g/mol. The molecule has 0 bridgehead atoms. The Kier molecular flexibility index (Phi) is 6.40. The van der Waals surface area contributed by atoms with Gasteiger partial charge >= 0.3 is 6.03 Å². The molecule has 1 aliphatic heterocycles. The summed E-state index contributed by atoms with van der Waals surface area (Å²) in [7, 11) is 0. The maximum atomic E-state index is 12.9. The Balaban J connectivity index is 1.76. The summed E-state index contributed by atoms with van der Waals surface area (Å²) in [6, 6.07) is 15.9. The summed E-state index contributed by atoms with van der Waals surface area (Å²) in [5, 5.41) is 7.40. The smallest absolute Gasteiger partial charge is 0.322 e. The van der Waals surface area contributed by atoms with Gasteiger partial charge in [-0.05, 0) is 37.8 Å². The SMILES string of the molecule is CCCCN1C(=O)NC(c2ccc(C)cc2)C(c2nc(-c3ccc(CC)cc3)no2)=C1C. The lowest BCUT2D eigenvalue weighted by Crippen LogP contribution is -2.46. The molecular formula is C26H30N4O2. The molecule has 166 valence electrons. The molecule has 0 saturated carbocycles. The molecule has 0 fully saturated rings. The fourth-order valence-electron chi connectivity index (χ4n) is 3.99. The molecule has 6 nitrogen and oxygen atoms in total. The minimum atomic E-state index is -0.350. The Bertz CT molecular complexity index is 1110. The Morgan fingerprint density at radius 2 is 1.75 bits per heavy atom. The quantitative estimate of drug-likeness (QED) is 0.506. The molecule has 0 spiro atoms. The molecule has 0 radical (unpaired) electrons. The van der Waals surface area contributed by atoms with Gasteiger partial charge in [-0.3, -0.25) is 4.90 Å². The van der Waals surface area contributed by atoms with Crippen LogP contribution in [-0.4, -0.2) is 27.6 Å². The highest BCUT2D eigenvalue weighted by molar-refractivity contribution is 5.86. The van der Waals surface area contributed by atoms with Gasteiger partial charge in [0.25, 0.3) is 5.89 Å². The number of allylic oxidation sites excluding steroid dienone is 1. The first-order valence-corrected chi connectivity index (χ1v) is 11.3. The standard InChI is InChI=1S/C26H30N4O2/c1-5-7-16-30-18(4)22(23(27-26(30)31)20-12-8-17(3)9-13-20)25-28-24(29-32-25)21-14-10-19(6-2)11-15-21/h8-15,23H,5-7,16H2,1-4H3,(H,27,31). The Morgan fingerprint density at radius 1 is 1.03 bits per heavy atom. The lowest BCUT2D eigenvalue weighted by molar-refractivity contribution is 0.204. The molecule has 4 rings (SSSR count). The first-order valence-electron chi connectivity index (χ1n) is 11.3. The van der Waals surface area contributed by atoms with Crippen LogP contribution in [0.3, 0.4) is 0 Å². The summed E-state index contributed by atoms with van der Waals surface area (Å²) in [5.74, 6) is 0.978. The fourth-order valence-corrected chi connectivity index (χ4v) is 3.99. The summed E-state index contributed by atoms with van der Waals surface area (Å²) in [6.07, 6.45) is 2.91. The van der Waals surface area contributed by atoms with Gasteiger partial charge in [0.2, 0.25) is 5.82 Å². The molecule has 2 heterocycles. The molecule has 1 aromatic heterocycles. The van der Waals surface area contributed by atoms with E-state index >= 15 is 0 Å². The number of carbonyl (C=O) groups excluding carboxylic acids is 1. The Morgan fingerprint density at radius 3 is 2.41 bits per heavy atom. The lowest BCUT2D eigenvalue weighted by atomic mass is 9.94. The topological polar surface area (TPSA) is 71.3 Å². The van der Waals surface area contributed by atoms with Crippen molar-refractivity contribution < 1.29 is 9.32 Å². The van der Waals surface area contributed by atoms with E-state index in [1.54, 1.807) is 4.90 Å². The number of nitrogens with zero attached hydrogens (tertiary/aromatic N) is 3. The minimum absolute atomic E-state index is 0.0971. The van der Waals surface area contributed by atoms with E-state index in [1.807, 2.05) is 50.2 Å². The van der Waals surface area contributed by atoms with Crippen LogP contribution in [0, 0.1) is 6.92 Å². The van der Waals surface area contributed by atoms with Crippen LogP contribution >= 0.6 is 0 Å². The highest BCUT2D eigenvalue weighted by Crippen LogP contribution is 2.37. The molecule has 3 aromatic rings. The van der Waals surface area contributed by atoms with Crippen LogP contribution in [0.25, 0.3) is 17.0 Å². The molecule has 0 saturated heterocycles. The number of aromatic nitrogens is 2. The van der Waals surface area contributed by atoms with Gasteiger partial charge in [-0.2, -0.15) is 4.98 Å². The molecule has 2 amide bonds. The van der Waals surface area contributed by atoms with Crippen molar-refractivity contribution in [1.29, 1.82) is 0 Å². The molecule has 1 unspecified atom stereocenters. The fraction of sp³-hybridized carbons (Fsp3) is 0.346. The zero-order chi connectivity index (χ0) is 22.7. The van der Waals surface area contributed by atoms with Crippen LogP contribution in [-0.2, 0) is 6.42 Å². The van der Waals surface area contributed by atoms with Crippen LogP contribution in [0.4, 0.5) is 4.79 Å². The van der Waals surface area contributed by atoms with Gasteiger partial charge in [-0.1, -0.05) is 79.5 Å². The molecule has 0 aliphatic carbocycles. The van der Waals surface area contributed by atoms with Crippen molar-refractivity contribution in [1.82, 2.24) is 20.4 Å². The average molecular weight is 431 g/mol. The monoisotopic (exact) mass is 430 g/mol. The number of carbonyl (C=O) groups is 1. The van der Waals surface area contributed by atoms with Gasteiger partial charge in [0.05, 0.1) is 11.6 Å². The minimum Gasteiger partial charge on any atom is -0.334 e. The summed E-state index contributed by atoms with van der Waals surface area (Å²) in [5.41, 5.74) is 6.01. The van der Waals surface area contributed by atoms with E-state index in [-0.39, 0.29) is 12.1 Å². The number of urea groups is 1. The average Bonchev–Trinajstić information content (AvgIpc) is 3.29. The zero-order valence-corrected chi connectivity index (χ0v) is 19.2. The van der Waals surface area contributed by atoms with Gasteiger partial charge in [0, 0.05) is 17.8 Å². The number of hydrogen-bond donors (Lipinski definition) is 1. The first kappa shape index (κ1) is 21.8. The van der Waals surface area contributed by atoms with Crippen molar-refractivity contribution in [2.24, 2.45) is 0 Å². The maximum absolute atomic E-state index is 12.9. The van der Waals surface area contributed by atoms with Crippen molar-refractivity contribution in [2.45, 2.75) is 53.0 Å². The van der Waals surface area contributed by atoms with Crippen molar-refractivity contribution in [3.05, 3.63) is 76.8 Å². The second kappa shape index (κ2) is 9.39. The molecule has 2 aromatic carbocycles. The van der Waals surface area contributed by atoms with E-state index in [2.05, 4.69) is 36.5 Å². The van der Waals surface area contributed by atoms with Gasteiger partial charge in [0.15, 0.2) is 0 Å². The summed E-state index contributed by atoms with van der Waals surface area (Å²) in [4.78, 5) is 19.4. The van der Waals surface area contributed by atoms with Gasteiger partial charge < -0.3 is 9.84 Å². The molecule has 1 atom stereocenters. The highest BCUT2D eigenvalue weighted by Gasteiger charge is 2.35. The van der Waals surface area contributed by atoms with Crippen molar-refractivity contribution >= 4 is 11.6 Å². The predicted octanol–water partition coefficient (Wildman–Crippen LogP) is 5.91. The maximum Gasteiger partial charge on any atom is 0.322 e. The second-order valence-electron chi connectivity index (χ2n) is 8.27. The number of amides is 2. The summed E-state index contributed by atoms with van der Waals surface area (Å²) >= 11 is 0. The highest BCUT2D eigenvalue weighted by atomic mass is 16.5. The zero-order valence-electron chi connectivity index (χ0n) is 19.2. The van der Waals surface area contributed by atoms with Gasteiger partial charge in [-0.15, -0.1) is 0 Å². The van der Waals surface area contributed by atoms with E-state index in [9.17, 15) is 4.79 Å². The Labute approximate surface area is 189 Å². The van der Waals surface area contributed by atoms with Crippen molar-refractivity contribution in [3.63, 3.8) is 0 Å². The van der Waals surface area contributed by atoms with E-state index in [4.69, 9.17) is 9.51 Å². The second-order valence-corrected chi connectivity index (χ2v) is 8.27. The molecule has 1 N–H and O–H groups in total. The third kappa shape index (κ3) is 4.31. The summed E-state index contributed by atoms with van der Waals surface area (Å²) < 4.78 is 5.75. The lowest BCUT2D eigenvalue weighted by Gasteiger charge is -2.35. The van der Waals surface area contributed by atoms with Crippen LogP contribution in [0.15, 0.2) is 58.8 Å². The van der Waals surface area contributed by atoms with Crippen molar-refractivity contribution in [3.8, 4) is 11.4 Å². The third-order valence-electron chi connectivity index (χ3n) is 6.02. The van der Waals surface area contributed by atoms with Gasteiger partial charge in [0.1, 0.15) is 0 Å². The molecule has 32 heavy (non-hydrogen) atoms. The predicted molar refractivity (Wildman–Crippen MR) is 126 cm³/mol. The van der Waals surface area contributed by atoms with Crippen LogP contribution in [0.2, 0.25) is 0 Å². The number of rotatable bonds is 7. The number of hydrogen-bond acceptors (Lipinski definition) is 4. The van der Waals surface area contributed by atoms with E-state index in [1.165, 1.54) is 11.1 Å². The summed E-state index contributed by atoms with van der Waals surface area (Å²) in [6.45, 7) is 8.91. The first-order chi connectivity index (χ1) is 15.5. The van der Waals surface area contributed by atoms with E-state index in [0.717, 1.165) is 41.7 Å². The normalized spacial score (nSPS) is 16.4. The molecule has 1 aliphatic rings. The van der Waals surface area contributed by atoms with Crippen LogP contribution < -0.4 is 5.32 Å².